The van der Waals surface area contributed by atoms with E-state index in [1.807, 2.05) is 38.1 Å². The van der Waals surface area contributed by atoms with Crippen LogP contribution in [0.2, 0.25) is 0 Å². The molecule has 8 nitrogen and oxygen atoms in total. The van der Waals surface area contributed by atoms with Crippen molar-refractivity contribution in [2.45, 2.75) is 45.9 Å². The molecule has 0 aliphatic carbocycles. The first kappa shape index (κ1) is 25.7. The first-order valence-corrected chi connectivity index (χ1v) is 12.1. The lowest BCUT2D eigenvalue weighted by Gasteiger charge is -2.31. The predicted molar refractivity (Wildman–Crippen MR) is 137 cm³/mol. The molecule has 0 saturated carbocycles. The largest absolute Gasteiger partial charge is 0.487 e. The molecule has 1 aliphatic rings. The first-order chi connectivity index (χ1) is 17.0. The van der Waals surface area contributed by atoms with E-state index in [2.05, 4.69) is 30.9 Å². The van der Waals surface area contributed by atoms with Crippen LogP contribution in [0, 0.1) is 12.7 Å². The Kier molecular flexibility index (Phi) is 7.10. The normalized spacial score (nSPS) is 16.0. The van der Waals surface area contributed by atoms with E-state index in [9.17, 15) is 14.3 Å². The molecule has 188 valence electrons. The summed E-state index contributed by atoms with van der Waals surface area (Å²) in [5.41, 5.74) is 1.72. The molecule has 0 aromatic carbocycles. The molecule has 3 aromatic heterocycles. The fraction of sp³-hybridized carbons (Fsp3) is 0.308. The summed E-state index contributed by atoms with van der Waals surface area (Å²) in [5.74, 6) is 0.207. The maximum atomic E-state index is 14.0. The quantitative estimate of drug-likeness (QED) is 0.479. The number of nitrogens with zero attached hydrogens (tertiary/aromatic N) is 5. The topological polar surface area (TPSA) is 93.4 Å². The number of aliphatic hydroxyl groups is 1. The van der Waals surface area contributed by atoms with Crippen LogP contribution < -0.4 is 10.3 Å². The molecule has 36 heavy (non-hydrogen) atoms. The van der Waals surface area contributed by atoms with Gasteiger partial charge in [-0.2, -0.15) is 0 Å². The Labute approximate surface area is 216 Å². The molecule has 0 amide bonds. The Balaban J connectivity index is 1.72. The van der Waals surface area contributed by atoms with Crippen LogP contribution >= 0.6 is 15.9 Å². The van der Waals surface area contributed by atoms with Gasteiger partial charge >= 0.3 is 0 Å². The Morgan fingerprint density at radius 3 is 2.69 bits per heavy atom. The number of aryl methyl sites for hydroxylation is 1. The van der Waals surface area contributed by atoms with Gasteiger partial charge in [0.1, 0.15) is 28.2 Å². The molecule has 1 aliphatic heterocycles. The highest BCUT2D eigenvalue weighted by Crippen LogP contribution is 2.33. The third kappa shape index (κ3) is 5.10. The number of hydrogen-bond donors (Lipinski definition) is 1. The van der Waals surface area contributed by atoms with Gasteiger partial charge in [-0.25, -0.2) is 14.4 Å². The van der Waals surface area contributed by atoms with Gasteiger partial charge in [0.15, 0.2) is 5.82 Å². The maximum Gasteiger partial charge on any atom is 0.273 e. The highest BCUT2D eigenvalue weighted by Gasteiger charge is 2.26. The lowest BCUT2D eigenvalue weighted by molar-refractivity contribution is 0.0682. The summed E-state index contributed by atoms with van der Waals surface area (Å²) in [7, 11) is 1.92. The number of pyridine rings is 2. The molecule has 0 saturated heterocycles. The Morgan fingerprint density at radius 2 is 2.00 bits per heavy atom. The van der Waals surface area contributed by atoms with Crippen LogP contribution in [-0.2, 0) is 12.2 Å². The number of allylic oxidation sites excluding steroid dienone is 2. The van der Waals surface area contributed by atoms with Crippen molar-refractivity contribution in [1.29, 1.82) is 0 Å². The van der Waals surface area contributed by atoms with E-state index in [1.54, 1.807) is 36.7 Å². The fourth-order valence-electron chi connectivity index (χ4n) is 3.99. The van der Waals surface area contributed by atoms with Gasteiger partial charge in [0, 0.05) is 49.2 Å². The van der Waals surface area contributed by atoms with E-state index in [1.165, 1.54) is 18.5 Å². The molecule has 1 atom stereocenters. The summed E-state index contributed by atoms with van der Waals surface area (Å²) >= 11 is 3.37. The van der Waals surface area contributed by atoms with Crippen LogP contribution in [0.1, 0.15) is 49.6 Å². The first-order valence-electron chi connectivity index (χ1n) is 11.3. The fourth-order valence-corrected chi connectivity index (χ4v) is 4.39. The second-order valence-corrected chi connectivity index (χ2v) is 9.99. The van der Waals surface area contributed by atoms with E-state index >= 15 is 0 Å². The Morgan fingerprint density at radius 1 is 1.25 bits per heavy atom. The van der Waals surface area contributed by atoms with Gasteiger partial charge in [0.05, 0.1) is 17.4 Å². The highest BCUT2D eigenvalue weighted by molar-refractivity contribution is 9.10. The number of rotatable bonds is 6. The lowest BCUT2D eigenvalue weighted by Crippen LogP contribution is -2.29. The molecular formula is C26H27BrFN5O3. The molecule has 4 rings (SSSR count). The van der Waals surface area contributed by atoms with Gasteiger partial charge < -0.3 is 14.7 Å². The van der Waals surface area contributed by atoms with Crippen molar-refractivity contribution >= 4 is 21.6 Å². The molecular weight excluding hydrogens is 529 g/mol. The van der Waals surface area contributed by atoms with Crippen LogP contribution in [0.15, 0.2) is 63.9 Å². The molecule has 3 aromatic rings. The third-order valence-electron chi connectivity index (χ3n) is 5.85. The standard InChI is InChI=1S/C26H27BrFN5O3/c1-15-13-32(5)21(19-7-9-30-25(31-19)26(3,4)35)11-20(15)33-16(2)10-22(23(27)24(33)34)36-14-17-12-29-8-6-18(17)28/h6-13,21,35H,14H2,1-5H3/t21-/m1/s1. The van der Waals surface area contributed by atoms with Gasteiger partial charge in [0.25, 0.3) is 5.56 Å². The minimum atomic E-state index is -1.19. The zero-order chi connectivity index (χ0) is 26.2. The van der Waals surface area contributed by atoms with Gasteiger partial charge in [0.2, 0.25) is 0 Å². The third-order valence-corrected chi connectivity index (χ3v) is 6.58. The molecule has 10 heteroatoms. The molecule has 0 fully saturated rings. The summed E-state index contributed by atoms with van der Waals surface area (Å²) in [5, 5.41) is 10.4. The second kappa shape index (κ2) is 9.94. The number of ether oxygens (including phenoxy) is 1. The predicted octanol–water partition coefficient (Wildman–Crippen LogP) is 4.48. The summed E-state index contributed by atoms with van der Waals surface area (Å²) in [6.07, 6.45) is 8.28. The zero-order valence-corrected chi connectivity index (χ0v) is 22.2. The molecule has 0 spiro atoms. The summed E-state index contributed by atoms with van der Waals surface area (Å²) in [6.45, 7) is 6.94. The lowest BCUT2D eigenvalue weighted by atomic mass is 10.0. The molecule has 1 N–H and O–H groups in total. The van der Waals surface area contributed by atoms with Crippen LogP contribution in [0.4, 0.5) is 4.39 Å². The SMILES string of the molecule is CC1=CN(C)[C@@H](c2ccnc(C(C)(C)O)n2)C=C1n1c(C)cc(OCc2cnccc2F)c(Br)c1=O. The number of likely N-dealkylation sites (N-methyl/N-ethyl adjacent to an activating group) is 1. The minimum Gasteiger partial charge on any atom is -0.487 e. The number of aromatic nitrogens is 4. The Bertz CT molecular complexity index is 1430. The van der Waals surface area contributed by atoms with Crippen LogP contribution in [0.3, 0.4) is 0 Å². The summed E-state index contributed by atoms with van der Waals surface area (Å²) < 4.78 is 21.6. The smallest absolute Gasteiger partial charge is 0.273 e. The van der Waals surface area contributed by atoms with Crippen LogP contribution in [0.25, 0.3) is 5.70 Å². The molecule has 0 unspecified atom stereocenters. The van der Waals surface area contributed by atoms with Gasteiger partial charge in [-0.15, -0.1) is 0 Å². The average Bonchev–Trinajstić information content (AvgIpc) is 2.82. The van der Waals surface area contributed by atoms with Crippen molar-refractivity contribution in [2.24, 2.45) is 0 Å². The van der Waals surface area contributed by atoms with E-state index < -0.39 is 11.4 Å². The van der Waals surface area contributed by atoms with Crippen molar-refractivity contribution < 1.29 is 14.2 Å². The monoisotopic (exact) mass is 555 g/mol. The molecule has 4 heterocycles. The van der Waals surface area contributed by atoms with Crippen molar-refractivity contribution in [2.75, 3.05) is 7.05 Å². The Hall–Kier alpha value is -3.37. The minimum absolute atomic E-state index is 0.0626. The van der Waals surface area contributed by atoms with Crippen molar-refractivity contribution in [3.05, 3.63) is 98.1 Å². The van der Waals surface area contributed by atoms with E-state index in [4.69, 9.17) is 4.74 Å². The van der Waals surface area contributed by atoms with Gasteiger partial charge in [-0.3, -0.25) is 14.3 Å². The van der Waals surface area contributed by atoms with Crippen LogP contribution in [-0.4, -0.2) is 36.6 Å². The van der Waals surface area contributed by atoms with Crippen molar-refractivity contribution in [3.8, 4) is 5.75 Å². The second-order valence-electron chi connectivity index (χ2n) is 9.20. The van der Waals surface area contributed by atoms with E-state index in [0.717, 1.165) is 5.57 Å². The molecule has 0 radical (unpaired) electrons. The summed E-state index contributed by atoms with van der Waals surface area (Å²) in [4.78, 5) is 28.1. The van der Waals surface area contributed by atoms with E-state index in [0.29, 0.717) is 34.2 Å². The van der Waals surface area contributed by atoms with Crippen molar-refractivity contribution in [1.82, 2.24) is 24.4 Å². The maximum absolute atomic E-state index is 14.0. The zero-order valence-electron chi connectivity index (χ0n) is 20.7. The number of halogens is 2. The van der Waals surface area contributed by atoms with Gasteiger partial charge in [-0.1, -0.05) is 0 Å². The van der Waals surface area contributed by atoms with Gasteiger partial charge in [-0.05, 0) is 67.4 Å². The number of hydrogen-bond acceptors (Lipinski definition) is 7. The highest BCUT2D eigenvalue weighted by atomic mass is 79.9. The molecule has 0 bridgehead atoms. The summed E-state index contributed by atoms with van der Waals surface area (Å²) in [6, 6.07) is 4.50. The van der Waals surface area contributed by atoms with Crippen LogP contribution in [0.5, 0.6) is 5.75 Å². The van der Waals surface area contributed by atoms with Crippen molar-refractivity contribution in [3.63, 3.8) is 0 Å². The van der Waals surface area contributed by atoms with E-state index in [-0.39, 0.29) is 22.7 Å². The average molecular weight is 556 g/mol.